The van der Waals surface area contributed by atoms with Gasteiger partial charge in [-0.05, 0) is 114 Å². The highest BCUT2D eigenvalue weighted by molar-refractivity contribution is 5.33. The second kappa shape index (κ2) is 6.47. The number of aliphatic hydroxyl groups is 1. The summed E-state index contributed by atoms with van der Waals surface area (Å²) in [4.78, 5) is 0. The van der Waals surface area contributed by atoms with E-state index in [1.807, 2.05) is 5.57 Å². The van der Waals surface area contributed by atoms with Gasteiger partial charge in [0.2, 0.25) is 0 Å². The molecule has 0 radical (unpaired) electrons. The minimum atomic E-state index is -0.134. The molecule has 32 heavy (non-hydrogen) atoms. The molecule has 5 aliphatic carbocycles. The van der Waals surface area contributed by atoms with Crippen molar-refractivity contribution in [1.29, 1.82) is 0 Å². The highest BCUT2D eigenvalue weighted by Gasteiger charge is 2.73. The average Bonchev–Trinajstić information content (AvgIpc) is 2.69. The quantitative estimate of drug-likeness (QED) is 0.374. The zero-order chi connectivity index (χ0) is 23.6. The summed E-state index contributed by atoms with van der Waals surface area (Å²) in [7, 11) is 0. The SMILES string of the molecule is CC1(C)C=C2C3CCC4(C)C5(C)CCC(O)C(C)(C)C5CCC4(C)C3(C)CCC2(C)CC1. The summed E-state index contributed by atoms with van der Waals surface area (Å²) in [6.07, 6.45) is 15.8. The van der Waals surface area contributed by atoms with E-state index in [9.17, 15) is 5.11 Å². The molecule has 0 aromatic rings. The number of allylic oxidation sites excluding steroid dienone is 2. The lowest BCUT2D eigenvalue weighted by Gasteiger charge is -2.77. The van der Waals surface area contributed by atoms with Gasteiger partial charge in [-0.1, -0.05) is 74.0 Å². The Labute approximate surface area is 199 Å². The molecule has 0 heterocycles. The van der Waals surface area contributed by atoms with Crippen LogP contribution >= 0.6 is 0 Å². The minimum absolute atomic E-state index is 0.0378. The molecule has 4 fully saturated rings. The fourth-order valence-corrected chi connectivity index (χ4v) is 11.0. The summed E-state index contributed by atoms with van der Waals surface area (Å²) in [6.45, 7) is 23.1. The molecule has 1 heteroatoms. The molecule has 0 spiro atoms. The van der Waals surface area contributed by atoms with Crippen LogP contribution in [0.25, 0.3) is 0 Å². The van der Waals surface area contributed by atoms with Crippen molar-refractivity contribution in [3.63, 3.8) is 0 Å². The van der Waals surface area contributed by atoms with E-state index in [4.69, 9.17) is 0 Å². The van der Waals surface area contributed by atoms with Crippen LogP contribution < -0.4 is 0 Å². The van der Waals surface area contributed by atoms with E-state index in [0.29, 0.717) is 38.4 Å². The fraction of sp³-hybridized carbons (Fsp3) is 0.935. The summed E-state index contributed by atoms with van der Waals surface area (Å²) in [5.41, 5.74) is 4.16. The van der Waals surface area contributed by atoms with Crippen LogP contribution in [-0.2, 0) is 0 Å². The Morgan fingerprint density at radius 1 is 0.656 bits per heavy atom. The third-order valence-electron chi connectivity index (χ3n) is 14.0. The van der Waals surface area contributed by atoms with Crippen molar-refractivity contribution >= 4 is 0 Å². The van der Waals surface area contributed by atoms with Gasteiger partial charge in [-0.25, -0.2) is 0 Å². The lowest BCUT2D eigenvalue weighted by molar-refractivity contribution is -0.276. The summed E-state index contributed by atoms with van der Waals surface area (Å²) in [5.74, 6) is 1.40. The number of hydrogen-bond acceptors (Lipinski definition) is 1. The molecule has 0 amide bonds. The maximum absolute atomic E-state index is 11.0. The monoisotopic (exact) mass is 440 g/mol. The normalized spacial score (nSPS) is 56.2. The van der Waals surface area contributed by atoms with E-state index >= 15 is 0 Å². The Kier molecular flexibility index (Phi) is 4.74. The standard InChI is InChI=1S/C31H52O/c1-25(2)16-17-27(5)18-19-28(6)21(22(27)20-25)10-14-31(9)29(7)13-12-24(32)26(3,4)23(29)11-15-30(28,31)8/h20-21,23-24,32H,10-19H2,1-9H3. The first-order valence-corrected chi connectivity index (χ1v) is 14.0. The Morgan fingerprint density at radius 2 is 1.25 bits per heavy atom. The lowest BCUT2D eigenvalue weighted by atomic mass is 9.28. The van der Waals surface area contributed by atoms with Crippen LogP contribution in [0, 0.1) is 49.7 Å². The van der Waals surface area contributed by atoms with Crippen molar-refractivity contribution in [1.82, 2.24) is 0 Å². The zero-order valence-corrected chi connectivity index (χ0v) is 22.8. The second-order valence-corrected chi connectivity index (χ2v) is 15.7. The van der Waals surface area contributed by atoms with Crippen LogP contribution in [0.1, 0.15) is 127 Å². The van der Waals surface area contributed by atoms with Gasteiger partial charge in [0.25, 0.3) is 0 Å². The van der Waals surface area contributed by atoms with Crippen molar-refractivity contribution in [3.05, 3.63) is 11.6 Å². The third-order valence-corrected chi connectivity index (χ3v) is 14.0. The molecular formula is C31H52O. The molecular weight excluding hydrogens is 388 g/mol. The van der Waals surface area contributed by atoms with Crippen LogP contribution in [0.4, 0.5) is 0 Å². The molecule has 0 aromatic heterocycles. The highest BCUT2D eigenvalue weighted by atomic mass is 16.3. The molecule has 4 saturated carbocycles. The predicted molar refractivity (Wildman–Crippen MR) is 135 cm³/mol. The molecule has 0 aromatic carbocycles. The molecule has 8 unspecified atom stereocenters. The second-order valence-electron chi connectivity index (χ2n) is 15.7. The van der Waals surface area contributed by atoms with Gasteiger partial charge in [-0.15, -0.1) is 0 Å². The van der Waals surface area contributed by atoms with E-state index in [0.717, 1.165) is 12.3 Å². The molecule has 1 N–H and O–H groups in total. The summed E-state index contributed by atoms with van der Waals surface area (Å²) in [6, 6.07) is 0. The molecule has 182 valence electrons. The first-order chi connectivity index (χ1) is 14.6. The summed E-state index contributed by atoms with van der Waals surface area (Å²) in [5, 5.41) is 11.0. The highest BCUT2D eigenvalue weighted by Crippen LogP contribution is 2.80. The van der Waals surface area contributed by atoms with E-state index in [1.54, 1.807) is 0 Å². The average molecular weight is 441 g/mol. The zero-order valence-electron chi connectivity index (χ0n) is 22.8. The first-order valence-electron chi connectivity index (χ1n) is 14.0. The molecule has 0 aliphatic heterocycles. The molecule has 5 aliphatic rings. The van der Waals surface area contributed by atoms with Gasteiger partial charge in [0.15, 0.2) is 0 Å². The van der Waals surface area contributed by atoms with Gasteiger partial charge in [-0.3, -0.25) is 0 Å². The third kappa shape index (κ3) is 2.56. The van der Waals surface area contributed by atoms with Crippen molar-refractivity contribution in [2.75, 3.05) is 0 Å². The Morgan fingerprint density at radius 3 is 1.94 bits per heavy atom. The maximum atomic E-state index is 11.0. The van der Waals surface area contributed by atoms with Gasteiger partial charge >= 0.3 is 0 Å². The lowest BCUT2D eigenvalue weighted by Crippen LogP contribution is -2.70. The van der Waals surface area contributed by atoms with Crippen LogP contribution in [0.15, 0.2) is 11.6 Å². The Bertz CT molecular complexity index is 835. The van der Waals surface area contributed by atoms with E-state index in [-0.39, 0.29) is 11.5 Å². The van der Waals surface area contributed by atoms with E-state index in [1.165, 1.54) is 57.8 Å². The largest absolute Gasteiger partial charge is 0.393 e. The topological polar surface area (TPSA) is 20.2 Å². The summed E-state index contributed by atoms with van der Waals surface area (Å²) < 4.78 is 0. The van der Waals surface area contributed by atoms with Gasteiger partial charge < -0.3 is 5.11 Å². The fourth-order valence-electron chi connectivity index (χ4n) is 11.0. The van der Waals surface area contributed by atoms with Gasteiger partial charge in [0.1, 0.15) is 0 Å². The molecule has 8 atom stereocenters. The van der Waals surface area contributed by atoms with Crippen molar-refractivity contribution < 1.29 is 5.11 Å². The number of hydrogen-bond donors (Lipinski definition) is 1. The van der Waals surface area contributed by atoms with Crippen molar-refractivity contribution in [2.24, 2.45) is 49.7 Å². The first kappa shape index (κ1) is 23.4. The molecule has 5 rings (SSSR count). The van der Waals surface area contributed by atoms with Crippen LogP contribution in [0.2, 0.25) is 0 Å². The van der Waals surface area contributed by atoms with Crippen LogP contribution in [-0.4, -0.2) is 11.2 Å². The summed E-state index contributed by atoms with van der Waals surface area (Å²) >= 11 is 0. The van der Waals surface area contributed by atoms with E-state index < -0.39 is 0 Å². The maximum Gasteiger partial charge on any atom is 0.0594 e. The minimum Gasteiger partial charge on any atom is -0.393 e. The Hall–Kier alpha value is -0.300. The van der Waals surface area contributed by atoms with Gasteiger partial charge in [0, 0.05) is 0 Å². The van der Waals surface area contributed by atoms with Crippen molar-refractivity contribution in [3.8, 4) is 0 Å². The number of aliphatic hydroxyl groups excluding tert-OH is 1. The predicted octanol–water partition coefficient (Wildman–Crippen LogP) is 8.56. The van der Waals surface area contributed by atoms with Crippen molar-refractivity contribution in [2.45, 2.75) is 133 Å². The molecule has 0 saturated heterocycles. The number of fused-ring (bicyclic) bond motifs is 7. The van der Waals surface area contributed by atoms with E-state index in [2.05, 4.69) is 68.4 Å². The van der Waals surface area contributed by atoms with Gasteiger partial charge in [-0.2, -0.15) is 0 Å². The smallest absolute Gasteiger partial charge is 0.0594 e. The molecule has 1 nitrogen and oxygen atoms in total. The van der Waals surface area contributed by atoms with Crippen LogP contribution in [0.3, 0.4) is 0 Å². The van der Waals surface area contributed by atoms with Crippen LogP contribution in [0.5, 0.6) is 0 Å². The Balaban J connectivity index is 1.61. The molecule has 0 bridgehead atoms. The number of rotatable bonds is 0. The van der Waals surface area contributed by atoms with Gasteiger partial charge in [0.05, 0.1) is 6.10 Å².